The Labute approximate surface area is 165 Å². The highest BCUT2D eigenvalue weighted by molar-refractivity contribution is 5.65. The van der Waals surface area contributed by atoms with Gasteiger partial charge >= 0.3 is 0 Å². The molecule has 3 aromatic rings. The van der Waals surface area contributed by atoms with Crippen LogP contribution in [-0.2, 0) is 6.54 Å². The number of methoxy groups -OCH3 is 4. The summed E-state index contributed by atoms with van der Waals surface area (Å²) in [5.41, 5.74) is 3.08. The molecule has 3 rings (SSSR count). The van der Waals surface area contributed by atoms with Crippen molar-refractivity contribution in [2.75, 3.05) is 33.8 Å². The number of hydrogen-bond acceptors (Lipinski definition) is 6. The van der Waals surface area contributed by atoms with E-state index in [4.69, 9.17) is 18.9 Å². The maximum atomic E-state index is 5.40. The second-order valence-electron chi connectivity index (χ2n) is 6.05. The summed E-state index contributed by atoms with van der Waals surface area (Å²) in [5, 5.41) is 3.31. The fourth-order valence-corrected chi connectivity index (χ4v) is 2.90. The Morgan fingerprint density at radius 2 is 1.54 bits per heavy atom. The summed E-state index contributed by atoms with van der Waals surface area (Å²) in [4.78, 5) is 4.51. The van der Waals surface area contributed by atoms with Gasteiger partial charge in [-0.1, -0.05) is 12.1 Å². The number of rotatable bonds is 8. The second-order valence-corrected chi connectivity index (χ2v) is 6.05. The average Bonchev–Trinajstić information content (AvgIpc) is 2.77. The first kappa shape index (κ1) is 19.4. The van der Waals surface area contributed by atoms with Crippen molar-refractivity contribution in [3.8, 4) is 34.1 Å². The Hall–Kier alpha value is -3.41. The molecule has 0 aliphatic heterocycles. The van der Waals surface area contributed by atoms with Crippen LogP contribution in [0, 0.1) is 0 Å². The minimum Gasteiger partial charge on any atom is -0.497 e. The van der Waals surface area contributed by atoms with Crippen LogP contribution < -0.4 is 24.3 Å². The Morgan fingerprint density at radius 1 is 0.786 bits per heavy atom. The van der Waals surface area contributed by atoms with Crippen LogP contribution in [0.3, 0.4) is 0 Å². The van der Waals surface area contributed by atoms with E-state index in [0.29, 0.717) is 23.8 Å². The molecule has 0 radical (unpaired) electrons. The molecule has 146 valence electrons. The summed E-state index contributed by atoms with van der Waals surface area (Å²) in [6.45, 7) is 0.572. The van der Waals surface area contributed by atoms with Gasteiger partial charge in [0.2, 0.25) is 5.75 Å². The molecule has 0 unspecified atom stereocenters. The van der Waals surface area contributed by atoms with Crippen molar-refractivity contribution in [1.29, 1.82) is 0 Å². The number of ether oxygens (including phenoxy) is 4. The van der Waals surface area contributed by atoms with E-state index in [1.165, 1.54) is 0 Å². The monoisotopic (exact) mass is 380 g/mol. The van der Waals surface area contributed by atoms with Gasteiger partial charge in [-0.05, 0) is 47.5 Å². The van der Waals surface area contributed by atoms with Crippen LogP contribution in [0.5, 0.6) is 23.0 Å². The molecule has 28 heavy (non-hydrogen) atoms. The SMILES string of the molecule is COc1cccc(-c2ccc(NCc3cc(OC)c(OC)c(OC)c3)nc2)c1. The van der Waals surface area contributed by atoms with Gasteiger partial charge in [-0.25, -0.2) is 4.98 Å². The lowest BCUT2D eigenvalue weighted by Gasteiger charge is -2.14. The molecule has 1 N–H and O–H groups in total. The maximum absolute atomic E-state index is 5.40. The van der Waals surface area contributed by atoms with Crippen molar-refractivity contribution in [3.05, 3.63) is 60.3 Å². The van der Waals surface area contributed by atoms with E-state index in [0.717, 1.165) is 28.3 Å². The predicted octanol–water partition coefficient (Wildman–Crippen LogP) is 4.40. The van der Waals surface area contributed by atoms with E-state index in [1.807, 2.05) is 54.7 Å². The molecule has 0 saturated heterocycles. The normalized spacial score (nSPS) is 10.3. The second kappa shape index (κ2) is 8.99. The van der Waals surface area contributed by atoms with Gasteiger partial charge in [-0.2, -0.15) is 0 Å². The Balaban J connectivity index is 1.73. The quantitative estimate of drug-likeness (QED) is 0.625. The van der Waals surface area contributed by atoms with Crippen LogP contribution >= 0.6 is 0 Å². The zero-order valence-electron chi connectivity index (χ0n) is 16.5. The van der Waals surface area contributed by atoms with Gasteiger partial charge < -0.3 is 24.3 Å². The van der Waals surface area contributed by atoms with Gasteiger partial charge in [-0.15, -0.1) is 0 Å². The van der Waals surface area contributed by atoms with Crippen molar-refractivity contribution in [1.82, 2.24) is 4.98 Å². The highest BCUT2D eigenvalue weighted by atomic mass is 16.5. The van der Waals surface area contributed by atoms with E-state index in [2.05, 4.69) is 10.3 Å². The van der Waals surface area contributed by atoms with Crippen molar-refractivity contribution < 1.29 is 18.9 Å². The van der Waals surface area contributed by atoms with Gasteiger partial charge in [0.1, 0.15) is 11.6 Å². The van der Waals surface area contributed by atoms with Crippen LogP contribution in [0.2, 0.25) is 0 Å². The summed E-state index contributed by atoms with van der Waals surface area (Å²) in [6.07, 6.45) is 1.84. The van der Waals surface area contributed by atoms with Gasteiger partial charge in [-0.3, -0.25) is 0 Å². The average molecular weight is 380 g/mol. The Kier molecular flexibility index (Phi) is 6.22. The first-order valence-corrected chi connectivity index (χ1v) is 8.81. The molecule has 0 aliphatic rings. The zero-order chi connectivity index (χ0) is 19.9. The third-order valence-electron chi connectivity index (χ3n) is 4.36. The number of nitrogens with zero attached hydrogens (tertiary/aromatic N) is 1. The summed E-state index contributed by atoms with van der Waals surface area (Å²) >= 11 is 0. The molecule has 0 amide bonds. The van der Waals surface area contributed by atoms with Gasteiger partial charge in [0.15, 0.2) is 11.5 Å². The predicted molar refractivity (Wildman–Crippen MR) is 110 cm³/mol. The molecular weight excluding hydrogens is 356 g/mol. The molecule has 6 nitrogen and oxygen atoms in total. The zero-order valence-corrected chi connectivity index (χ0v) is 16.5. The fourth-order valence-electron chi connectivity index (χ4n) is 2.90. The fraction of sp³-hybridized carbons (Fsp3) is 0.227. The lowest BCUT2D eigenvalue weighted by atomic mass is 10.1. The highest BCUT2D eigenvalue weighted by Crippen LogP contribution is 2.38. The molecule has 1 heterocycles. The standard InChI is InChI=1S/C22H24N2O4/c1-25-18-7-5-6-16(12-18)17-8-9-21(24-14-17)23-13-15-10-19(26-2)22(28-4)20(11-15)27-3/h5-12,14H,13H2,1-4H3,(H,23,24). The van der Waals surface area contributed by atoms with Crippen LogP contribution in [0.1, 0.15) is 5.56 Å². The minimum atomic E-state index is 0.572. The molecule has 2 aromatic carbocycles. The van der Waals surface area contributed by atoms with E-state index in [1.54, 1.807) is 28.4 Å². The van der Waals surface area contributed by atoms with E-state index >= 15 is 0 Å². The summed E-state index contributed by atoms with van der Waals surface area (Å²) in [7, 11) is 6.46. The third-order valence-corrected chi connectivity index (χ3v) is 4.36. The molecule has 0 atom stereocenters. The van der Waals surface area contributed by atoms with E-state index in [9.17, 15) is 0 Å². The molecule has 1 aromatic heterocycles. The van der Waals surface area contributed by atoms with Gasteiger partial charge in [0, 0.05) is 18.3 Å². The van der Waals surface area contributed by atoms with Crippen molar-refractivity contribution >= 4 is 5.82 Å². The van der Waals surface area contributed by atoms with Crippen LogP contribution in [0.4, 0.5) is 5.82 Å². The Morgan fingerprint density at radius 3 is 2.11 bits per heavy atom. The van der Waals surface area contributed by atoms with E-state index < -0.39 is 0 Å². The molecule has 0 spiro atoms. The van der Waals surface area contributed by atoms with Gasteiger partial charge in [0.25, 0.3) is 0 Å². The molecular formula is C22H24N2O4. The summed E-state index contributed by atoms with van der Waals surface area (Å²) < 4.78 is 21.4. The van der Waals surface area contributed by atoms with Crippen LogP contribution in [0.25, 0.3) is 11.1 Å². The number of hydrogen-bond donors (Lipinski definition) is 1. The number of anilines is 1. The van der Waals surface area contributed by atoms with Crippen LogP contribution in [0.15, 0.2) is 54.7 Å². The Bertz CT molecular complexity index is 901. The number of nitrogens with one attached hydrogen (secondary N) is 1. The van der Waals surface area contributed by atoms with Crippen molar-refractivity contribution in [2.45, 2.75) is 6.54 Å². The molecule has 6 heteroatoms. The van der Waals surface area contributed by atoms with E-state index in [-0.39, 0.29) is 0 Å². The van der Waals surface area contributed by atoms with Crippen molar-refractivity contribution in [3.63, 3.8) is 0 Å². The molecule has 0 bridgehead atoms. The van der Waals surface area contributed by atoms with Crippen LogP contribution in [-0.4, -0.2) is 33.4 Å². The maximum Gasteiger partial charge on any atom is 0.203 e. The topological polar surface area (TPSA) is 61.8 Å². The molecule has 0 fully saturated rings. The number of aromatic nitrogens is 1. The molecule has 0 aliphatic carbocycles. The summed E-state index contributed by atoms with van der Waals surface area (Å²) in [5.74, 6) is 3.43. The summed E-state index contributed by atoms with van der Waals surface area (Å²) in [6, 6.07) is 15.7. The first-order chi connectivity index (χ1) is 13.7. The third kappa shape index (κ3) is 4.28. The minimum absolute atomic E-state index is 0.572. The number of benzene rings is 2. The molecule has 0 saturated carbocycles. The largest absolute Gasteiger partial charge is 0.497 e. The van der Waals surface area contributed by atoms with Gasteiger partial charge in [0.05, 0.1) is 28.4 Å². The number of pyridine rings is 1. The highest BCUT2D eigenvalue weighted by Gasteiger charge is 2.13. The smallest absolute Gasteiger partial charge is 0.203 e. The van der Waals surface area contributed by atoms with Crippen molar-refractivity contribution in [2.24, 2.45) is 0 Å². The first-order valence-electron chi connectivity index (χ1n) is 8.81. The lowest BCUT2D eigenvalue weighted by Crippen LogP contribution is -2.03. The lowest BCUT2D eigenvalue weighted by molar-refractivity contribution is 0.324.